The third-order valence-electron chi connectivity index (χ3n) is 8.08. The minimum atomic E-state index is -4.45. The molecule has 0 N–H and O–H groups in total. The molecule has 4 aliphatic heterocycles. The molecule has 1 aromatic carbocycles. The largest absolute Gasteiger partial charge is 0.416 e. The Labute approximate surface area is 243 Å². The predicted octanol–water partition coefficient (Wildman–Crippen LogP) is 3.23. The summed E-state index contributed by atoms with van der Waals surface area (Å²) in [6.07, 6.45) is 3.75. The van der Waals surface area contributed by atoms with E-state index in [-0.39, 0.29) is 13.1 Å². The van der Waals surface area contributed by atoms with E-state index >= 15 is 0 Å². The highest BCUT2D eigenvalue weighted by Gasteiger charge is 2.68. The van der Waals surface area contributed by atoms with Crippen LogP contribution in [0.3, 0.4) is 0 Å². The summed E-state index contributed by atoms with van der Waals surface area (Å²) in [5, 5.41) is 0.440. The highest BCUT2D eigenvalue weighted by atomic mass is 19.4. The second-order valence-corrected chi connectivity index (χ2v) is 10.8. The molecule has 2 fully saturated rings. The first-order valence-electron chi connectivity index (χ1n) is 14.0. The zero-order valence-corrected chi connectivity index (χ0v) is 22.9. The van der Waals surface area contributed by atoms with Crippen molar-refractivity contribution in [3.8, 4) is 0 Å². The molecule has 2 spiro atoms. The lowest BCUT2D eigenvalue weighted by Gasteiger charge is -2.59. The van der Waals surface area contributed by atoms with E-state index < -0.39 is 53.5 Å². The van der Waals surface area contributed by atoms with Crippen molar-refractivity contribution in [3.05, 3.63) is 60.3 Å². The molecule has 5 heterocycles. The van der Waals surface area contributed by atoms with Crippen LogP contribution in [0.2, 0.25) is 0 Å². The molecular weight excluding hydrogens is 575 g/mol. The molecule has 14 heteroatoms. The lowest BCUT2D eigenvalue weighted by molar-refractivity contribution is -0.425. The van der Waals surface area contributed by atoms with Crippen LogP contribution in [0.4, 0.5) is 13.2 Å². The van der Waals surface area contributed by atoms with Gasteiger partial charge in [0.1, 0.15) is 6.04 Å². The standard InChI is InChI=1S/C29H28F3N3O8/c30-28(31,32)20-6-7-21-19(17-20)12-16-33(21)13-3-4-15-35-27(40-23(36)8-9-24(37)41-27)18-34-14-2-1-5-22(34)29(35)42-25(38)10-11-26(39)43-29/h6-12,16-17,22H,1-5,13-15,18H2. The number of unbranched alkanes of at least 4 members (excludes halogenated alkanes) is 1. The molecule has 0 amide bonds. The number of carbonyl (C=O) groups is 4. The average molecular weight is 604 g/mol. The topological polar surface area (TPSA) is 117 Å². The molecule has 43 heavy (non-hydrogen) atoms. The SMILES string of the molecule is O=C1C=CC(=O)OC2(CN3CCCCC3C3(OC(=O)C=CC(=O)O3)N2CCCCn2ccc3cc(C(F)(F)F)ccc32)O1. The summed E-state index contributed by atoms with van der Waals surface area (Å²) in [6, 6.07) is 4.49. The minimum absolute atomic E-state index is 0.0110. The van der Waals surface area contributed by atoms with Gasteiger partial charge in [-0.25, -0.2) is 19.2 Å². The van der Waals surface area contributed by atoms with Crippen LogP contribution in [0.15, 0.2) is 54.8 Å². The third-order valence-corrected chi connectivity index (χ3v) is 8.08. The molecule has 2 aromatic rings. The molecule has 4 aliphatic rings. The summed E-state index contributed by atoms with van der Waals surface area (Å²) in [7, 11) is 0. The molecule has 6 rings (SSSR count). The number of esters is 4. The van der Waals surface area contributed by atoms with Crippen molar-refractivity contribution in [3.63, 3.8) is 0 Å². The Kier molecular flexibility index (Phi) is 7.29. The van der Waals surface area contributed by atoms with Gasteiger partial charge < -0.3 is 23.5 Å². The van der Waals surface area contributed by atoms with Gasteiger partial charge in [-0.05, 0) is 56.5 Å². The molecule has 11 nitrogen and oxygen atoms in total. The lowest BCUT2D eigenvalue weighted by atomic mass is 9.93. The first-order valence-corrected chi connectivity index (χ1v) is 14.0. The molecule has 0 radical (unpaired) electrons. The normalized spacial score (nSPS) is 23.8. The van der Waals surface area contributed by atoms with E-state index in [2.05, 4.69) is 0 Å². The van der Waals surface area contributed by atoms with Gasteiger partial charge in [0.15, 0.2) is 0 Å². The van der Waals surface area contributed by atoms with Gasteiger partial charge in [0.25, 0.3) is 0 Å². The number of alkyl halides is 3. The number of benzene rings is 1. The van der Waals surface area contributed by atoms with Gasteiger partial charge in [-0.1, -0.05) is 6.42 Å². The molecular formula is C29H28F3N3O8. The number of hydrogen-bond acceptors (Lipinski definition) is 10. The number of nitrogens with zero attached hydrogens (tertiary/aromatic N) is 3. The number of hydrogen-bond donors (Lipinski definition) is 0. The Hall–Kier alpha value is -4.17. The van der Waals surface area contributed by atoms with Crippen molar-refractivity contribution in [2.75, 3.05) is 19.6 Å². The first-order chi connectivity index (χ1) is 20.5. The number of piperazine rings is 1. The molecule has 0 aliphatic carbocycles. The van der Waals surface area contributed by atoms with Crippen molar-refractivity contribution in [1.82, 2.24) is 14.4 Å². The zero-order valence-electron chi connectivity index (χ0n) is 22.9. The molecule has 0 bridgehead atoms. The Morgan fingerprint density at radius 3 is 2.09 bits per heavy atom. The highest BCUT2D eigenvalue weighted by Crippen LogP contribution is 2.45. The second-order valence-electron chi connectivity index (χ2n) is 10.8. The zero-order chi connectivity index (χ0) is 30.4. The van der Waals surface area contributed by atoms with Gasteiger partial charge in [-0.2, -0.15) is 18.1 Å². The van der Waals surface area contributed by atoms with Crippen LogP contribution >= 0.6 is 0 Å². The maximum absolute atomic E-state index is 13.2. The van der Waals surface area contributed by atoms with Crippen LogP contribution in [0.25, 0.3) is 10.9 Å². The number of ether oxygens (including phenoxy) is 4. The Bertz CT molecular complexity index is 1490. The summed E-state index contributed by atoms with van der Waals surface area (Å²) in [5.74, 6) is -7.65. The van der Waals surface area contributed by atoms with Gasteiger partial charge in [-0.15, -0.1) is 0 Å². The van der Waals surface area contributed by atoms with Crippen LogP contribution in [0.5, 0.6) is 0 Å². The van der Waals surface area contributed by atoms with E-state index in [1.165, 1.54) is 11.0 Å². The number of carbonyl (C=O) groups excluding carboxylic acids is 4. The van der Waals surface area contributed by atoms with E-state index in [1.807, 2.05) is 9.47 Å². The fraction of sp³-hybridized carbons (Fsp3) is 0.448. The van der Waals surface area contributed by atoms with Gasteiger partial charge in [-0.3, -0.25) is 4.90 Å². The summed E-state index contributed by atoms with van der Waals surface area (Å²) in [4.78, 5) is 54.1. The van der Waals surface area contributed by atoms with E-state index in [0.29, 0.717) is 43.3 Å². The molecule has 228 valence electrons. The van der Waals surface area contributed by atoms with Crippen molar-refractivity contribution in [1.29, 1.82) is 0 Å². The number of halogens is 3. The Balaban J connectivity index is 1.30. The average Bonchev–Trinajstić information content (AvgIpc) is 3.21. The summed E-state index contributed by atoms with van der Waals surface area (Å²) >= 11 is 0. The smallest absolute Gasteiger partial charge is 0.403 e. The van der Waals surface area contributed by atoms with E-state index in [4.69, 9.17) is 18.9 Å². The maximum atomic E-state index is 13.2. The van der Waals surface area contributed by atoms with Crippen molar-refractivity contribution in [2.24, 2.45) is 0 Å². The molecule has 1 atom stereocenters. The quantitative estimate of drug-likeness (QED) is 0.373. The van der Waals surface area contributed by atoms with Gasteiger partial charge in [0, 0.05) is 54.5 Å². The van der Waals surface area contributed by atoms with E-state index in [9.17, 15) is 32.3 Å². The Morgan fingerprint density at radius 1 is 0.814 bits per heavy atom. The number of aryl methyl sites for hydroxylation is 1. The van der Waals surface area contributed by atoms with Gasteiger partial charge >= 0.3 is 41.9 Å². The molecule has 2 saturated heterocycles. The monoisotopic (exact) mass is 603 g/mol. The van der Waals surface area contributed by atoms with Crippen molar-refractivity contribution < 1.29 is 51.3 Å². The van der Waals surface area contributed by atoms with Crippen LogP contribution in [-0.4, -0.2) is 75.7 Å². The van der Waals surface area contributed by atoms with Crippen LogP contribution in [0, 0.1) is 0 Å². The predicted molar refractivity (Wildman–Crippen MR) is 140 cm³/mol. The third kappa shape index (κ3) is 5.40. The highest BCUT2D eigenvalue weighted by molar-refractivity contribution is 5.94. The molecule has 1 unspecified atom stereocenters. The number of piperidine rings is 1. The van der Waals surface area contributed by atoms with E-state index in [0.717, 1.165) is 49.3 Å². The minimum Gasteiger partial charge on any atom is -0.403 e. The molecule has 1 aromatic heterocycles. The Morgan fingerprint density at radius 2 is 1.44 bits per heavy atom. The summed E-state index contributed by atoms with van der Waals surface area (Å²) < 4.78 is 64.4. The van der Waals surface area contributed by atoms with Crippen molar-refractivity contribution >= 4 is 34.8 Å². The molecule has 0 saturated carbocycles. The lowest BCUT2D eigenvalue weighted by Crippen LogP contribution is -2.80. The van der Waals surface area contributed by atoms with Crippen LogP contribution < -0.4 is 0 Å². The second kappa shape index (κ2) is 10.8. The first kappa shape index (κ1) is 28.9. The fourth-order valence-corrected chi connectivity index (χ4v) is 6.28. The van der Waals surface area contributed by atoms with Gasteiger partial charge in [0.2, 0.25) is 0 Å². The van der Waals surface area contributed by atoms with Gasteiger partial charge in [0.05, 0.1) is 12.1 Å². The fourth-order valence-electron chi connectivity index (χ4n) is 6.28. The number of rotatable bonds is 5. The summed E-state index contributed by atoms with van der Waals surface area (Å²) in [5.41, 5.74) is -0.119. The van der Waals surface area contributed by atoms with Crippen LogP contribution in [-0.2, 0) is 50.8 Å². The maximum Gasteiger partial charge on any atom is 0.416 e. The summed E-state index contributed by atoms with van der Waals surface area (Å²) in [6.45, 7) is 0.790. The number of fused-ring (bicyclic) bond motifs is 3. The number of aromatic nitrogens is 1. The van der Waals surface area contributed by atoms with E-state index in [1.54, 1.807) is 12.3 Å². The van der Waals surface area contributed by atoms with Crippen molar-refractivity contribution in [2.45, 2.75) is 62.7 Å². The van der Waals surface area contributed by atoms with Crippen LogP contribution in [0.1, 0.15) is 37.7 Å².